The van der Waals surface area contributed by atoms with E-state index in [4.69, 9.17) is 0 Å². The molecule has 0 heterocycles. The normalized spacial score (nSPS) is 11.2. The number of hydrogen-bond donors (Lipinski definition) is 2. The Morgan fingerprint density at radius 3 is 2.27 bits per heavy atom. The van der Waals surface area contributed by atoms with Gasteiger partial charge in [-0.3, -0.25) is 4.79 Å². The molecule has 2 aromatic rings. The van der Waals surface area contributed by atoms with Gasteiger partial charge in [0.2, 0.25) is 10.0 Å². The highest BCUT2D eigenvalue weighted by molar-refractivity contribution is 7.89. The van der Waals surface area contributed by atoms with E-state index in [9.17, 15) is 22.0 Å². The second kappa shape index (κ2) is 8.54. The van der Waals surface area contributed by atoms with Crippen LogP contribution in [0.4, 0.5) is 14.5 Å². The van der Waals surface area contributed by atoms with E-state index in [1.807, 2.05) is 0 Å². The minimum Gasteiger partial charge on any atom is -0.435 e. The topological polar surface area (TPSA) is 84.5 Å². The highest BCUT2D eigenvalue weighted by atomic mass is 32.2. The van der Waals surface area contributed by atoms with Crippen molar-refractivity contribution in [3.8, 4) is 5.75 Å². The predicted octanol–water partition coefficient (Wildman–Crippen LogP) is 3.00. The molecule has 6 nitrogen and oxygen atoms in total. The van der Waals surface area contributed by atoms with Crippen molar-refractivity contribution in [2.75, 3.05) is 11.9 Å². The molecule has 0 atom stereocenters. The Bertz CT molecular complexity index is 867. The maximum absolute atomic E-state index is 12.2. The molecule has 0 radical (unpaired) electrons. The summed E-state index contributed by atoms with van der Waals surface area (Å²) < 4.78 is 54.6. The third-order valence-electron chi connectivity index (χ3n) is 3.18. The number of amides is 1. The van der Waals surface area contributed by atoms with E-state index < -0.39 is 22.5 Å². The summed E-state index contributed by atoms with van der Waals surface area (Å²) in [6.45, 7) is 0.597. The Kier molecular flexibility index (Phi) is 6.42. The Balaban J connectivity index is 2.05. The average molecular weight is 382 g/mol. The first-order valence-electron chi connectivity index (χ1n) is 7.38. The Labute approximate surface area is 149 Å². The number of rotatable bonds is 8. The molecule has 2 rings (SSSR count). The summed E-state index contributed by atoms with van der Waals surface area (Å²) in [5.74, 6) is -0.505. The molecular formula is C17H16F2N2O4S. The SMILES string of the molecule is C=CCNS(=O)(=O)c1ccc(C(=O)Nc2ccc(OC(F)F)cc2)cc1. The minimum atomic E-state index is -3.67. The van der Waals surface area contributed by atoms with Crippen molar-refractivity contribution in [1.82, 2.24) is 4.72 Å². The summed E-state index contributed by atoms with van der Waals surface area (Å²) in [5.41, 5.74) is 0.613. The number of hydrogen-bond acceptors (Lipinski definition) is 4. The van der Waals surface area contributed by atoms with E-state index in [2.05, 4.69) is 21.4 Å². The van der Waals surface area contributed by atoms with Gasteiger partial charge in [0.15, 0.2) is 0 Å². The van der Waals surface area contributed by atoms with Crippen molar-refractivity contribution in [1.29, 1.82) is 0 Å². The van der Waals surface area contributed by atoms with Gasteiger partial charge in [0.05, 0.1) is 4.90 Å². The molecule has 1 amide bonds. The van der Waals surface area contributed by atoms with Crippen LogP contribution in [0.25, 0.3) is 0 Å². The monoisotopic (exact) mass is 382 g/mol. The molecule has 0 saturated heterocycles. The van der Waals surface area contributed by atoms with Crippen molar-refractivity contribution in [3.05, 3.63) is 66.7 Å². The standard InChI is InChI=1S/C17H16F2N2O4S/c1-2-11-20-26(23,24)15-9-3-12(4-10-15)16(22)21-13-5-7-14(8-6-13)25-17(18)19/h2-10,17,20H,1,11H2,(H,21,22). The van der Waals surface area contributed by atoms with E-state index in [0.29, 0.717) is 5.69 Å². The Hall–Kier alpha value is -2.78. The first kappa shape index (κ1) is 19.5. The van der Waals surface area contributed by atoms with Crippen LogP contribution in [0.1, 0.15) is 10.4 Å². The molecule has 0 aliphatic rings. The van der Waals surface area contributed by atoms with Crippen LogP contribution in [-0.4, -0.2) is 27.5 Å². The summed E-state index contributed by atoms with van der Waals surface area (Å²) >= 11 is 0. The lowest BCUT2D eigenvalue weighted by Crippen LogP contribution is -2.23. The minimum absolute atomic E-state index is 0.0180. The molecule has 2 N–H and O–H groups in total. The van der Waals surface area contributed by atoms with Gasteiger partial charge in [-0.15, -0.1) is 6.58 Å². The van der Waals surface area contributed by atoms with E-state index in [1.165, 1.54) is 54.6 Å². The van der Waals surface area contributed by atoms with Crippen LogP contribution in [-0.2, 0) is 10.0 Å². The summed E-state index contributed by atoms with van der Waals surface area (Å²) in [4.78, 5) is 12.2. The van der Waals surface area contributed by atoms with Crippen molar-refractivity contribution in [2.24, 2.45) is 0 Å². The second-order valence-electron chi connectivity index (χ2n) is 5.02. The van der Waals surface area contributed by atoms with E-state index in [0.717, 1.165) is 0 Å². The summed E-state index contributed by atoms with van der Waals surface area (Å²) in [5, 5.41) is 2.57. The number of alkyl halides is 2. The number of anilines is 1. The number of nitrogens with one attached hydrogen (secondary N) is 2. The molecule has 9 heteroatoms. The smallest absolute Gasteiger partial charge is 0.387 e. The van der Waals surface area contributed by atoms with Crippen molar-refractivity contribution in [3.63, 3.8) is 0 Å². The average Bonchev–Trinajstić information content (AvgIpc) is 2.61. The van der Waals surface area contributed by atoms with Gasteiger partial charge < -0.3 is 10.1 Å². The molecule has 0 bridgehead atoms. The first-order chi connectivity index (χ1) is 12.3. The van der Waals surface area contributed by atoms with Gasteiger partial charge in [0, 0.05) is 17.8 Å². The summed E-state index contributed by atoms with van der Waals surface area (Å²) in [6, 6.07) is 10.8. The fraction of sp³-hybridized carbons (Fsp3) is 0.118. The van der Waals surface area contributed by atoms with Crippen molar-refractivity contribution in [2.45, 2.75) is 11.5 Å². The molecule has 26 heavy (non-hydrogen) atoms. The molecule has 0 saturated carbocycles. The van der Waals surface area contributed by atoms with Crippen LogP contribution in [0, 0.1) is 0 Å². The van der Waals surface area contributed by atoms with Crippen LogP contribution >= 0.6 is 0 Å². The molecule has 0 aromatic heterocycles. The zero-order valence-electron chi connectivity index (χ0n) is 13.5. The van der Waals surface area contributed by atoms with Gasteiger partial charge in [-0.1, -0.05) is 6.08 Å². The number of benzene rings is 2. The number of carbonyl (C=O) groups is 1. The maximum atomic E-state index is 12.2. The highest BCUT2D eigenvalue weighted by Gasteiger charge is 2.14. The molecule has 0 unspecified atom stereocenters. The highest BCUT2D eigenvalue weighted by Crippen LogP contribution is 2.18. The van der Waals surface area contributed by atoms with Crippen LogP contribution in [0.5, 0.6) is 5.75 Å². The molecular weight excluding hydrogens is 366 g/mol. The number of carbonyl (C=O) groups excluding carboxylic acids is 1. The summed E-state index contributed by atoms with van der Waals surface area (Å²) in [6.07, 6.45) is 1.41. The molecule has 138 valence electrons. The number of sulfonamides is 1. The van der Waals surface area contributed by atoms with Crippen LogP contribution < -0.4 is 14.8 Å². The third-order valence-corrected chi connectivity index (χ3v) is 4.62. The van der Waals surface area contributed by atoms with Crippen molar-refractivity contribution >= 4 is 21.6 Å². The maximum Gasteiger partial charge on any atom is 0.387 e. The van der Waals surface area contributed by atoms with Crippen molar-refractivity contribution < 1.29 is 26.7 Å². The van der Waals surface area contributed by atoms with E-state index in [-0.39, 0.29) is 22.8 Å². The third kappa shape index (κ3) is 5.36. The fourth-order valence-electron chi connectivity index (χ4n) is 1.96. The quantitative estimate of drug-likeness (QED) is 0.688. The van der Waals surface area contributed by atoms with Gasteiger partial charge >= 0.3 is 6.61 Å². The lowest BCUT2D eigenvalue weighted by atomic mass is 10.2. The lowest BCUT2D eigenvalue weighted by molar-refractivity contribution is -0.0498. The van der Waals surface area contributed by atoms with Crippen LogP contribution in [0.3, 0.4) is 0 Å². The Morgan fingerprint density at radius 1 is 1.12 bits per heavy atom. The van der Waals surface area contributed by atoms with Gasteiger partial charge in [-0.05, 0) is 48.5 Å². The van der Waals surface area contributed by atoms with E-state index >= 15 is 0 Å². The summed E-state index contributed by atoms with van der Waals surface area (Å²) in [7, 11) is -3.67. The van der Waals surface area contributed by atoms with Gasteiger partial charge in [0.25, 0.3) is 5.91 Å². The van der Waals surface area contributed by atoms with E-state index in [1.54, 1.807) is 0 Å². The zero-order chi connectivity index (χ0) is 19.2. The predicted molar refractivity (Wildman–Crippen MR) is 92.9 cm³/mol. The second-order valence-corrected chi connectivity index (χ2v) is 6.79. The number of ether oxygens (including phenoxy) is 1. The molecule has 2 aromatic carbocycles. The molecule has 0 aliphatic heterocycles. The molecule has 0 fully saturated rings. The molecule has 0 spiro atoms. The Morgan fingerprint density at radius 2 is 1.73 bits per heavy atom. The first-order valence-corrected chi connectivity index (χ1v) is 8.87. The lowest BCUT2D eigenvalue weighted by Gasteiger charge is -2.08. The van der Waals surface area contributed by atoms with Gasteiger partial charge in [-0.25, -0.2) is 13.1 Å². The fourth-order valence-corrected chi connectivity index (χ4v) is 2.96. The number of halogens is 2. The molecule has 0 aliphatic carbocycles. The van der Waals surface area contributed by atoms with Crippen LogP contribution in [0.2, 0.25) is 0 Å². The van der Waals surface area contributed by atoms with Crippen LogP contribution in [0.15, 0.2) is 66.1 Å². The largest absolute Gasteiger partial charge is 0.435 e. The van der Waals surface area contributed by atoms with Gasteiger partial charge in [0.1, 0.15) is 5.75 Å². The van der Waals surface area contributed by atoms with Gasteiger partial charge in [-0.2, -0.15) is 8.78 Å². The zero-order valence-corrected chi connectivity index (χ0v) is 14.3.